The maximum absolute atomic E-state index is 12.5. The number of aromatic amines is 1. The van der Waals surface area contributed by atoms with Crippen molar-refractivity contribution in [1.82, 2.24) is 19.8 Å². The molecule has 1 saturated heterocycles. The van der Waals surface area contributed by atoms with Crippen molar-refractivity contribution in [3.8, 4) is 0 Å². The number of nitrogens with one attached hydrogen (secondary N) is 1. The van der Waals surface area contributed by atoms with Gasteiger partial charge in [0.1, 0.15) is 5.54 Å². The second-order valence-electron chi connectivity index (χ2n) is 5.17. The van der Waals surface area contributed by atoms with Crippen molar-refractivity contribution in [2.75, 3.05) is 20.1 Å². The van der Waals surface area contributed by atoms with Crippen LogP contribution in [0.3, 0.4) is 0 Å². The average Bonchev–Trinajstić information content (AvgIpc) is 2.85. The zero-order valence-corrected chi connectivity index (χ0v) is 11.5. The maximum Gasteiger partial charge on any atom is 0.354 e. The molecule has 1 aromatic rings. The topological polar surface area (TPSA) is 107 Å². The summed E-state index contributed by atoms with van der Waals surface area (Å²) < 4.78 is 0. The number of rotatable bonds is 2. The molecule has 2 N–H and O–H groups in total. The first-order chi connectivity index (χ1) is 9.26. The molecule has 1 aromatic heterocycles. The van der Waals surface area contributed by atoms with Crippen LogP contribution < -0.4 is 0 Å². The van der Waals surface area contributed by atoms with Gasteiger partial charge in [-0.05, 0) is 13.8 Å². The van der Waals surface area contributed by atoms with Gasteiger partial charge in [0.05, 0.1) is 6.33 Å². The lowest BCUT2D eigenvalue weighted by Gasteiger charge is -2.44. The van der Waals surface area contributed by atoms with Crippen LogP contribution in [0.4, 0.5) is 0 Å². The summed E-state index contributed by atoms with van der Waals surface area (Å²) in [5, 5.41) is 9.01. The molecule has 8 nitrogen and oxygen atoms in total. The van der Waals surface area contributed by atoms with Gasteiger partial charge >= 0.3 is 5.97 Å². The maximum atomic E-state index is 12.5. The minimum atomic E-state index is -1.26. The summed E-state index contributed by atoms with van der Waals surface area (Å²) in [5.41, 5.74) is -1.47. The van der Waals surface area contributed by atoms with Crippen LogP contribution in [-0.2, 0) is 4.79 Å². The number of hydrogen-bond donors (Lipinski definition) is 2. The quantitative estimate of drug-likeness (QED) is 0.780. The van der Waals surface area contributed by atoms with Crippen LogP contribution in [0.5, 0.6) is 0 Å². The molecule has 0 aliphatic carbocycles. The van der Waals surface area contributed by atoms with E-state index in [2.05, 4.69) is 9.97 Å². The molecule has 1 fully saturated rings. The van der Waals surface area contributed by atoms with Gasteiger partial charge in [0.2, 0.25) is 5.91 Å². The number of nitrogens with zero attached hydrogens (tertiary/aromatic N) is 3. The molecule has 20 heavy (non-hydrogen) atoms. The van der Waals surface area contributed by atoms with Gasteiger partial charge in [0.15, 0.2) is 11.4 Å². The summed E-state index contributed by atoms with van der Waals surface area (Å²) in [7, 11) is 1.67. The van der Waals surface area contributed by atoms with Gasteiger partial charge in [-0.25, -0.2) is 9.78 Å². The van der Waals surface area contributed by atoms with Crippen molar-refractivity contribution in [1.29, 1.82) is 0 Å². The number of likely N-dealkylation sites (N-methyl/N-ethyl adjacent to an activating group) is 1. The average molecular weight is 280 g/mol. The Morgan fingerprint density at radius 2 is 2.05 bits per heavy atom. The largest absolute Gasteiger partial charge is 0.477 e. The number of carboxylic acids is 1. The van der Waals surface area contributed by atoms with Crippen molar-refractivity contribution < 1.29 is 19.5 Å². The molecule has 0 saturated carbocycles. The van der Waals surface area contributed by atoms with Crippen LogP contribution in [-0.4, -0.2) is 68.3 Å². The third-order valence-electron chi connectivity index (χ3n) is 3.50. The van der Waals surface area contributed by atoms with Crippen LogP contribution >= 0.6 is 0 Å². The van der Waals surface area contributed by atoms with Crippen LogP contribution in [0, 0.1) is 0 Å². The molecule has 0 aromatic carbocycles. The number of amides is 2. The molecule has 8 heteroatoms. The van der Waals surface area contributed by atoms with E-state index in [9.17, 15) is 14.4 Å². The Hall–Kier alpha value is -2.38. The van der Waals surface area contributed by atoms with E-state index < -0.39 is 17.4 Å². The van der Waals surface area contributed by atoms with Gasteiger partial charge in [-0.1, -0.05) is 0 Å². The second-order valence-corrected chi connectivity index (χ2v) is 5.17. The number of aromatic nitrogens is 2. The van der Waals surface area contributed by atoms with E-state index >= 15 is 0 Å². The minimum Gasteiger partial charge on any atom is -0.477 e. The highest BCUT2D eigenvalue weighted by atomic mass is 16.4. The van der Waals surface area contributed by atoms with Crippen molar-refractivity contribution in [3.63, 3.8) is 0 Å². The van der Waals surface area contributed by atoms with Crippen molar-refractivity contribution in [2.45, 2.75) is 19.4 Å². The number of H-pyrrole nitrogens is 1. The van der Waals surface area contributed by atoms with E-state index in [1.165, 1.54) is 4.90 Å². The zero-order valence-electron chi connectivity index (χ0n) is 11.5. The van der Waals surface area contributed by atoms with Gasteiger partial charge < -0.3 is 19.9 Å². The standard InChI is InChI=1S/C12H16N4O4/c1-12(2)11(20)15(3)4-5-16(12)9(17)7-8(10(18)19)14-6-13-7/h6H,4-5H2,1-3H3,(H,13,14)(H,18,19). The summed E-state index contributed by atoms with van der Waals surface area (Å²) in [4.78, 5) is 44.7. The van der Waals surface area contributed by atoms with Crippen LogP contribution in [0.2, 0.25) is 0 Å². The molecule has 0 radical (unpaired) electrons. The lowest BCUT2D eigenvalue weighted by molar-refractivity contribution is -0.144. The van der Waals surface area contributed by atoms with E-state index in [0.29, 0.717) is 13.1 Å². The number of aromatic carboxylic acids is 1. The van der Waals surface area contributed by atoms with Crippen molar-refractivity contribution in [2.24, 2.45) is 0 Å². The fourth-order valence-electron chi connectivity index (χ4n) is 2.32. The molecule has 1 aliphatic rings. The highest BCUT2D eigenvalue weighted by molar-refractivity contribution is 6.04. The third kappa shape index (κ3) is 2.02. The Bertz CT molecular complexity index is 578. The van der Waals surface area contributed by atoms with Crippen LogP contribution in [0.1, 0.15) is 34.8 Å². The van der Waals surface area contributed by atoms with Gasteiger partial charge in [-0.2, -0.15) is 0 Å². The number of hydrogen-bond acceptors (Lipinski definition) is 4. The van der Waals surface area contributed by atoms with Gasteiger partial charge in [0, 0.05) is 20.1 Å². The van der Waals surface area contributed by atoms with Gasteiger partial charge in [0.25, 0.3) is 5.91 Å². The van der Waals surface area contributed by atoms with Gasteiger partial charge in [-0.3, -0.25) is 9.59 Å². The monoisotopic (exact) mass is 280 g/mol. The molecule has 1 aliphatic heterocycles. The van der Waals surface area contributed by atoms with E-state index in [-0.39, 0.29) is 17.3 Å². The number of carboxylic acid groups (broad SMARTS) is 1. The summed E-state index contributed by atoms with van der Waals surface area (Å²) >= 11 is 0. The van der Waals surface area contributed by atoms with Crippen molar-refractivity contribution >= 4 is 17.8 Å². The second kappa shape index (κ2) is 4.62. The van der Waals surface area contributed by atoms with Gasteiger partial charge in [-0.15, -0.1) is 0 Å². The highest BCUT2D eigenvalue weighted by Crippen LogP contribution is 2.24. The summed E-state index contributed by atoms with van der Waals surface area (Å²) in [5.74, 6) is -2.01. The predicted octanol–water partition coefficient (Wildman–Crippen LogP) is -0.199. The molecule has 2 rings (SSSR count). The first-order valence-corrected chi connectivity index (χ1v) is 6.11. The normalized spacial score (nSPS) is 18.2. The summed E-state index contributed by atoms with van der Waals surface area (Å²) in [6, 6.07) is 0. The lowest BCUT2D eigenvalue weighted by atomic mass is 9.97. The number of carbonyl (C=O) groups excluding carboxylic acids is 2. The molecule has 0 unspecified atom stereocenters. The molecular weight excluding hydrogens is 264 g/mol. The Kier molecular flexibility index (Phi) is 3.24. The molecule has 0 bridgehead atoms. The zero-order chi connectivity index (χ0) is 15.1. The smallest absolute Gasteiger partial charge is 0.354 e. The van der Waals surface area contributed by atoms with E-state index in [1.54, 1.807) is 25.8 Å². The Balaban J connectivity index is 2.36. The number of carbonyl (C=O) groups is 3. The van der Waals surface area contributed by atoms with Crippen LogP contribution in [0.15, 0.2) is 6.33 Å². The van der Waals surface area contributed by atoms with E-state index in [1.807, 2.05) is 0 Å². The Morgan fingerprint density at radius 1 is 1.40 bits per heavy atom. The number of piperazine rings is 1. The highest BCUT2D eigenvalue weighted by Gasteiger charge is 2.44. The minimum absolute atomic E-state index is 0.178. The van der Waals surface area contributed by atoms with E-state index in [0.717, 1.165) is 6.33 Å². The first kappa shape index (κ1) is 14.0. The van der Waals surface area contributed by atoms with Crippen LogP contribution in [0.25, 0.3) is 0 Å². The fraction of sp³-hybridized carbons (Fsp3) is 0.500. The Labute approximate surface area is 115 Å². The predicted molar refractivity (Wildman–Crippen MR) is 68.3 cm³/mol. The summed E-state index contributed by atoms with van der Waals surface area (Å²) in [6.45, 7) is 4.01. The third-order valence-corrected chi connectivity index (χ3v) is 3.50. The SMILES string of the molecule is CN1CCN(C(=O)c2nc[nH]c2C(=O)O)C(C)(C)C1=O. The van der Waals surface area contributed by atoms with E-state index in [4.69, 9.17) is 5.11 Å². The molecule has 0 atom stereocenters. The lowest BCUT2D eigenvalue weighted by Crippen LogP contribution is -2.63. The fourth-order valence-corrected chi connectivity index (χ4v) is 2.32. The molecule has 2 heterocycles. The molecule has 2 amide bonds. The number of imidazole rings is 1. The first-order valence-electron chi connectivity index (χ1n) is 6.11. The molecule has 108 valence electrons. The summed E-state index contributed by atoms with van der Waals surface area (Å²) in [6.07, 6.45) is 1.15. The molecular formula is C12H16N4O4. The van der Waals surface area contributed by atoms with Crippen molar-refractivity contribution in [3.05, 3.63) is 17.7 Å². The molecule has 0 spiro atoms. The Morgan fingerprint density at radius 3 is 2.65 bits per heavy atom.